The Hall–Kier alpha value is -4.31. The first kappa shape index (κ1) is 19.6. The number of fused-ring (bicyclic) bond motifs is 3. The van der Waals surface area contributed by atoms with Crippen molar-refractivity contribution < 1.29 is 5.11 Å². The lowest BCUT2D eigenvalue weighted by molar-refractivity contribution is 0.481. The lowest BCUT2D eigenvalue weighted by Gasteiger charge is -2.12. The Morgan fingerprint density at radius 3 is 1.66 bits per heavy atom. The molecule has 0 heterocycles. The van der Waals surface area contributed by atoms with Crippen LogP contribution in [0.15, 0.2) is 96.1 Å². The molecule has 4 heteroatoms. The molecule has 150 valence electrons. The van der Waals surface area contributed by atoms with Crippen molar-refractivity contribution in [2.75, 3.05) is 0 Å². The van der Waals surface area contributed by atoms with E-state index in [9.17, 15) is 15.6 Å². The van der Waals surface area contributed by atoms with Gasteiger partial charge in [-0.1, -0.05) is 96.5 Å². The lowest BCUT2D eigenvalue weighted by atomic mass is 9.88. The van der Waals surface area contributed by atoms with Crippen LogP contribution in [0.2, 0.25) is 5.02 Å². The minimum Gasteiger partial charge on any atom is -0.506 e. The number of phenolic OH excluding ortho intramolecular Hbond substituents is 1. The van der Waals surface area contributed by atoms with Crippen LogP contribution < -0.4 is 10.4 Å². The molecule has 4 aromatic rings. The smallest absolute Gasteiger partial charge is 0.142 e. The van der Waals surface area contributed by atoms with E-state index >= 15 is 0 Å². The molecular formula is C28H15ClN2O. The molecule has 0 amide bonds. The standard InChI is InChI=1S/C28H15ClN2O/c29-27-26-23(18-11-5-2-6-12-18)24(19(15-30)16-31)22(17-9-3-1-4-10-17)25(26)20-13-7-8-14-21(20)28(27)32/h1-14,32H. The zero-order valence-electron chi connectivity index (χ0n) is 16.8. The van der Waals surface area contributed by atoms with Crippen molar-refractivity contribution in [1.29, 1.82) is 10.5 Å². The molecule has 32 heavy (non-hydrogen) atoms. The second kappa shape index (κ2) is 7.75. The Kier molecular flexibility index (Phi) is 4.75. The fraction of sp³-hybridized carbons (Fsp3) is 0. The zero-order chi connectivity index (χ0) is 22.2. The fourth-order valence-corrected chi connectivity index (χ4v) is 4.72. The van der Waals surface area contributed by atoms with Gasteiger partial charge in [-0.15, -0.1) is 0 Å². The second-order valence-electron chi connectivity index (χ2n) is 7.41. The molecule has 0 spiro atoms. The molecule has 0 fully saturated rings. The molecule has 1 aliphatic rings. The molecule has 0 aliphatic heterocycles. The molecule has 1 N–H and O–H groups in total. The minimum atomic E-state index is -0.0152. The van der Waals surface area contributed by atoms with E-state index in [0.29, 0.717) is 21.8 Å². The average molecular weight is 431 g/mol. The Bertz CT molecular complexity index is 1620. The summed E-state index contributed by atoms with van der Waals surface area (Å²) in [5.41, 5.74) is 3.64. The van der Waals surface area contributed by atoms with Crippen LogP contribution >= 0.6 is 11.6 Å². The predicted octanol–water partition coefficient (Wildman–Crippen LogP) is 4.95. The maximum absolute atomic E-state index is 11.0. The summed E-state index contributed by atoms with van der Waals surface area (Å²) in [6.07, 6.45) is 0. The van der Waals surface area contributed by atoms with E-state index in [0.717, 1.165) is 27.3 Å². The highest BCUT2D eigenvalue weighted by atomic mass is 35.5. The number of halogens is 1. The fourth-order valence-electron chi connectivity index (χ4n) is 4.43. The van der Waals surface area contributed by atoms with Crippen LogP contribution in [0.3, 0.4) is 0 Å². The summed E-state index contributed by atoms with van der Waals surface area (Å²) in [6.45, 7) is 0. The second-order valence-corrected chi connectivity index (χ2v) is 7.79. The number of nitriles is 2. The molecular weight excluding hydrogens is 416 g/mol. The van der Waals surface area contributed by atoms with Crippen LogP contribution in [0, 0.1) is 22.7 Å². The predicted molar refractivity (Wildman–Crippen MR) is 126 cm³/mol. The number of hydrogen-bond donors (Lipinski definition) is 1. The molecule has 0 radical (unpaired) electrons. The normalized spacial score (nSPS) is 12.4. The van der Waals surface area contributed by atoms with Crippen molar-refractivity contribution in [3.8, 4) is 17.9 Å². The summed E-state index contributed by atoms with van der Waals surface area (Å²) >= 11 is 6.80. The number of rotatable bonds is 2. The summed E-state index contributed by atoms with van der Waals surface area (Å²) in [6, 6.07) is 30.9. The molecule has 4 aromatic carbocycles. The molecule has 0 bridgehead atoms. The first-order chi connectivity index (χ1) is 15.7. The number of aromatic hydroxyl groups is 1. The number of allylic oxidation sites excluding steroid dienone is 2. The summed E-state index contributed by atoms with van der Waals surface area (Å²) in [5.74, 6) is -0.0152. The van der Waals surface area contributed by atoms with Gasteiger partial charge in [-0.2, -0.15) is 10.5 Å². The van der Waals surface area contributed by atoms with E-state index in [1.54, 1.807) is 0 Å². The zero-order valence-corrected chi connectivity index (χ0v) is 17.6. The minimum absolute atomic E-state index is 0.00135. The van der Waals surface area contributed by atoms with Gasteiger partial charge in [0.25, 0.3) is 0 Å². The van der Waals surface area contributed by atoms with E-state index in [-0.39, 0.29) is 16.3 Å². The average Bonchev–Trinajstić information content (AvgIpc) is 3.20. The molecule has 5 rings (SSSR count). The molecule has 0 unspecified atom stereocenters. The van der Waals surface area contributed by atoms with Gasteiger partial charge in [0.2, 0.25) is 0 Å². The van der Waals surface area contributed by atoms with Gasteiger partial charge in [0.1, 0.15) is 23.5 Å². The van der Waals surface area contributed by atoms with Gasteiger partial charge in [-0.05, 0) is 16.5 Å². The van der Waals surface area contributed by atoms with Gasteiger partial charge < -0.3 is 5.11 Å². The van der Waals surface area contributed by atoms with Crippen LogP contribution in [0.1, 0.15) is 11.1 Å². The van der Waals surface area contributed by atoms with Gasteiger partial charge in [0, 0.05) is 32.5 Å². The van der Waals surface area contributed by atoms with Crippen LogP contribution in [0.25, 0.3) is 21.9 Å². The molecule has 0 aromatic heterocycles. The highest BCUT2D eigenvalue weighted by molar-refractivity contribution is 6.34. The maximum Gasteiger partial charge on any atom is 0.142 e. The number of hydrogen-bond acceptors (Lipinski definition) is 3. The number of nitrogens with zero attached hydrogens (tertiary/aromatic N) is 2. The van der Waals surface area contributed by atoms with Gasteiger partial charge in [0.05, 0.1) is 5.02 Å². The summed E-state index contributed by atoms with van der Waals surface area (Å²) in [5, 5.41) is 33.8. The summed E-state index contributed by atoms with van der Waals surface area (Å²) in [7, 11) is 0. The van der Waals surface area contributed by atoms with Gasteiger partial charge in [-0.25, -0.2) is 0 Å². The molecule has 3 nitrogen and oxygen atoms in total. The summed E-state index contributed by atoms with van der Waals surface area (Å²) < 4.78 is 0. The molecule has 0 atom stereocenters. The highest BCUT2D eigenvalue weighted by Gasteiger charge is 2.29. The van der Waals surface area contributed by atoms with Crippen molar-refractivity contribution in [2.24, 2.45) is 0 Å². The van der Waals surface area contributed by atoms with Crippen molar-refractivity contribution in [3.05, 3.63) is 123 Å². The molecule has 1 aliphatic carbocycles. The van der Waals surface area contributed by atoms with Crippen LogP contribution in [-0.4, -0.2) is 5.11 Å². The number of benzene rings is 4. The van der Waals surface area contributed by atoms with Crippen molar-refractivity contribution in [1.82, 2.24) is 0 Å². The first-order valence-corrected chi connectivity index (χ1v) is 10.4. The molecule has 0 saturated carbocycles. The van der Waals surface area contributed by atoms with Gasteiger partial charge in [0.15, 0.2) is 0 Å². The maximum atomic E-state index is 11.0. The highest BCUT2D eigenvalue weighted by Crippen LogP contribution is 2.39. The third kappa shape index (κ3) is 2.81. The molecule has 0 saturated heterocycles. The quantitative estimate of drug-likeness (QED) is 0.457. The van der Waals surface area contributed by atoms with Gasteiger partial charge >= 0.3 is 0 Å². The number of phenols is 1. The Balaban J connectivity index is 2.19. The third-order valence-electron chi connectivity index (χ3n) is 5.73. The first-order valence-electron chi connectivity index (χ1n) is 10.0. The van der Waals surface area contributed by atoms with Gasteiger partial charge in [-0.3, -0.25) is 0 Å². The Labute approximate surface area is 189 Å². The lowest BCUT2D eigenvalue weighted by Crippen LogP contribution is -2.27. The Morgan fingerprint density at radius 2 is 1.12 bits per heavy atom. The van der Waals surface area contributed by atoms with Crippen molar-refractivity contribution >= 4 is 33.5 Å². The van der Waals surface area contributed by atoms with E-state index in [1.165, 1.54) is 0 Å². The SMILES string of the molecule is N#CC(C#N)=C1C(c2ccccc2)=c2c(Cl)c(O)c3ccccc3c2=C1c1ccccc1. The topological polar surface area (TPSA) is 67.8 Å². The van der Waals surface area contributed by atoms with Crippen molar-refractivity contribution in [2.45, 2.75) is 0 Å². The van der Waals surface area contributed by atoms with Crippen LogP contribution in [0.5, 0.6) is 5.75 Å². The Morgan fingerprint density at radius 1 is 0.656 bits per heavy atom. The monoisotopic (exact) mass is 430 g/mol. The van der Waals surface area contributed by atoms with Crippen molar-refractivity contribution in [3.63, 3.8) is 0 Å². The van der Waals surface area contributed by atoms with Crippen LogP contribution in [0.4, 0.5) is 0 Å². The van der Waals surface area contributed by atoms with E-state index in [2.05, 4.69) is 12.1 Å². The van der Waals surface area contributed by atoms with E-state index in [1.807, 2.05) is 84.9 Å². The third-order valence-corrected chi connectivity index (χ3v) is 6.10. The summed E-state index contributed by atoms with van der Waals surface area (Å²) in [4.78, 5) is 0. The van der Waals surface area contributed by atoms with E-state index in [4.69, 9.17) is 11.6 Å². The van der Waals surface area contributed by atoms with Crippen LogP contribution in [-0.2, 0) is 0 Å². The largest absolute Gasteiger partial charge is 0.506 e. The van der Waals surface area contributed by atoms with E-state index < -0.39 is 0 Å².